The molecule has 0 heterocycles. The van der Waals surface area contributed by atoms with Gasteiger partial charge in [-0.25, -0.2) is 0 Å². The maximum atomic E-state index is 6.47. The van der Waals surface area contributed by atoms with Crippen LogP contribution in [0, 0.1) is 0 Å². The van der Waals surface area contributed by atoms with Gasteiger partial charge in [0.1, 0.15) is 11.5 Å². The molecule has 0 aliphatic heterocycles. The van der Waals surface area contributed by atoms with Gasteiger partial charge in [0.25, 0.3) is 8.32 Å². The van der Waals surface area contributed by atoms with E-state index in [4.69, 9.17) is 8.85 Å². The van der Waals surface area contributed by atoms with E-state index in [-0.39, 0.29) is 10.1 Å². The van der Waals surface area contributed by atoms with Gasteiger partial charge < -0.3 is 14.2 Å². The Bertz CT molecular complexity index is 570. The Balaban J connectivity index is 3.10. The van der Waals surface area contributed by atoms with Crippen LogP contribution in [0.15, 0.2) is 18.2 Å². The van der Waals surface area contributed by atoms with Crippen LogP contribution in [0.4, 0.5) is 5.69 Å². The summed E-state index contributed by atoms with van der Waals surface area (Å²) in [5, 5.41) is 3.63. The van der Waals surface area contributed by atoms with Crippen molar-refractivity contribution in [2.24, 2.45) is 0 Å². The van der Waals surface area contributed by atoms with Crippen molar-refractivity contribution in [1.29, 1.82) is 0 Å². The van der Waals surface area contributed by atoms with Crippen LogP contribution in [0.3, 0.4) is 0 Å². The van der Waals surface area contributed by atoms with E-state index in [2.05, 4.69) is 85.2 Å². The summed E-state index contributed by atoms with van der Waals surface area (Å²) in [4.78, 5) is 0. The van der Waals surface area contributed by atoms with Crippen molar-refractivity contribution in [3.63, 3.8) is 0 Å². The summed E-state index contributed by atoms with van der Waals surface area (Å²) in [6, 6.07) is 6.17. The normalized spacial score (nSPS) is 13.6. The van der Waals surface area contributed by atoms with Gasteiger partial charge in [0, 0.05) is 13.1 Å². The van der Waals surface area contributed by atoms with Crippen molar-refractivity contribution < 1.29 is 8.85 Å². The minimum Gasteiger partial charge on any atom is -0.543 e. The number of benzene rings is 1. The molecule has 0 aliphatic carbocycles. The summed E-state index contributed by atoms with van der Waals surface area (Å²) < 4.78 is 12.9. The molecule has 1 rings (SSSR count). The van der Waals surface area contributed by atoms with E-state index < -0.39 is 16.6 Å². The first-order valence-electron chi connectivity index (χ1n) is 8.80. The summed E-state index contributed by atoms with van der Waals surface area (Å²) in [5.74, 6) is 1.85. The summed E-state index contributed by atoms with van der Waals surface area (Å²) in [6.45, 7) is 22.6. The maximum absolute atomic E-state index is 6.47. The molecule has 0 atom stereocenters. The molecule has 0 aliphatic rings. The van der Waals surface area contributed by atoms with Crippen LogP contribution < -0.4 is 14.2 Å². The lowest BCUT2D eigenvalue weighted by atomic mass is 10.2. The van der Waals surface area contributed by atoms with Gasteiger partial charge in [0.2, 0.25) is 8.32 Å². The summed E-state index contributed by atoms with van der Waals surface area (Å²) >= 11 is 0. The topological polar surface area (TPSA) is 30.5 Å². The number of hydrogen-bond acceptors (Lipinski definition) is 3. The maximum Gasteiger partial charge on any atom is 0.250 e. The third kappa shape index (κ3) is 4.79. The number of hydrogen-bond donors (Lipinski definition) is 1. The predicted octanol–water partition coefficient (Wildman–Crippen LogP) is 6.50. The number of rotatable bonds is 5. The van der Waals surface area contributed by atoms with Crippen molar-refractivity contribution >= 4 is 22.3 Å². The summed E-state index contributed by atoms with van der Waals surface area (Å²) in [5.41, 5.74) is 0.996. The Kier molecular flexibility index (Phi) is 5.93. The molecule has 5 heteroatoms. The molecule has 1 aromatic carbocycles. The molecule has 0 fully saturated rings. The average Bonchev–Trinajstić information content (AvgIpc) is 2.37. The molecule has 0 unspecified atom stereocenters. The van der Waals surface area contributed by atoms with E-state index in [0.29, 0.717) is 0 Å². The molecule has 3 nitrogen and oxygen atoms in total. The second-order valence-corrected chi connectivity index (χ2v) is 19.1. The average molecular weight is 368 g/mol. The molecule has 0 amide bonds. The van der Waals surface area contributed by atoms with Gasteiger partial charge in [-0.1, -0.05) is 41.5 Å². The van der Waals surface area contributed by atoms with Crippen LogP contribution >= 0.6 is 0 Å². The van der Waals surface area contributed by atoms with E-state index >= 15 is 0 Å². The lowest BCUT2D eigenvalue weighted by molar-refractivity contribution is 0.483. The zero-order chi connectivity index (χ0) is 19.0. The molecule has 0 bridgehead atoms. The highest BCUT2D eigenvalue weighted by molar-refractivity contribution is 6.75. The molecule has 0 saturated heterocycles. The molecule has 0 aromatic heterocycles. The standard InChI is InChI=1S/C19H37NO2Si2/c1-18(2,3)23(8,9)21-15-12-13-17(16(14-15)20-7)22-24(10,11)19(4,5)6/h12-14,20H,1-11H3. The van der Waals surface area contributed by atoms with E-state index in [1.165, 1.54) is 0 Å². The lowest BCUT2D eigenvalue weighted by Crippen LogP contribution is -2.44. The third-order valence-electron chi connectivity index (χ3n) is 5.57. The van der Waals surface area contributed by atoms with Gasteiger partial charge in [-0.05, 0) is 48.4 Å². The lowest BCUT2D eigenvalue weighted by Gasteiger charge is -2.38. The quantitative estimate of drug-likeness (QED) is 0.603. The van der Waals surface area contributed by atoms with Crippen LogP contribution in [0.2, 0.25) is 36.3 Å². The Hall–Kier alpha value is -0.946. The van der Waals surface area contributed by atoms with Gasteiger partial charge >= 0.3 is 0 Å². The smallest absolute Gasteiger partial charge is 0.250 e. The highest BCUT2D eigenvalue weighted by atomic mass is 28.4. The van der Waals surface area contributed by atoms with Crippen molar-refractivity contribution in [3.8, 4) is 11.5 Å². The monoisotopic (exact) mass is 367 g/mol. The highest BCUT2D eigenvalue weighted by Gasteiger charge is 2.40. The molecule has 0 radical (unpaired) electrons. The molecule has 0 saturated carbocycles. The molecular formula is C19H37NO2Si2. The van der Waals surface area contributed by atoms with Gasteiger partial charge in [-0.3, -0.25) is 0 Å². The SMILES string of the molecule is CNc1cc(O[Si](C)(C)C(C)(C)C)ccc1O[Si](C)(C)C(C)(C)C. The van der Waals surface area contributed by atoms with E-state index in [0.717, 1.165) is 17.2 Å². The molecule has 1 aromatic rings. The van der Waals surface area contributed by atoms with Gasteiger partial charge in [0.15, 0.2) is 0 Å². The van der Waals surface area contributed by atoms with Crippen LogP contribution in [-0.4, -0.2) is 23.7 Å². The zero-order valence-corrected chi connectivity index (χ0v) is 19.5. The van der Waals surface area contributed by atoms with Gasteiger partial charge in [0.05, 0.1) is 5.69 Å². The van der Waals surface area contributed by atoms with Crippen LogP contribution in [0.25, 0.3) is 0 Å². The molecule has 24 heavy (non-hydrogen) atoms. The van der Waals surface area contributed by atoms with Crippen LogP contribution in [0.5, 0.6) is 11.5 Å². The Morgan fingerprint density at radius 2 is 1.25 bits per heavy atom. The first-order chi connectivity index (χ1) is 10.6. The Morgan fingerprint density at radius 3 is 1.67 bits per heavy atom. The van der Waals surface area contributed by atoms with Crippen molar-refractivity contribution in [1.82, 2.24) is 0 Å². The van der Waals surface area contributed by atoms with Crippen molar-refractivity contribution in [2.45, 2.75) is 77.8 Å². The summed E-state index contributed by atoms with van der Waals surface area (Å²) in [7, 11) is -1.76. The van der Waals surface area contributed by atoms with E-state index in [1.807, 2.05) is 13.1 Å². The van der Waals surface area contributed by atoms with Gasteiger partial charge in [-0.2, -0.15) is 0 Å². The second-order valence-electron chi connectivity index (χ2n) is 9.63. The Morgan fingerprint density at radius 1 is 0.792 bits per heavy atom. The number of nitrogens with one attached hydrogen (secondary N) is 1. The van der Waals surface area contributed by atoms with E-state index in [9.17, 15) is 0 Å². The first-order valence-corrected chi connectivity index (χ1v) is 14.6. The fraction of sp³-hybridized carbons (Fsp3) is 0.684. The van der Waals surface area contributed by atoms with Crippen LogP contribution in [0.1, 0.15) is 41.5 Å². The molecule has 138 valence electrons. The van der Waals surface area contributed by atoms with Gasteiger partial charge in [-0.15, -0.1) is 0 Å². The molecule has 1 N–H and O–H groups in total. The second kappa shape index (κ2) is 6.75. The minimum absolute atomic E-state index is 0.175. The molecule has 0 spiro atoms. The highest BCUT2D eigenvalue weighted by Crippen LogP contribution is 2.42. The third-order valence-corrected chi connectivity index (χ3v) is 14.3. The zero-order valence-electron chi connectivity index (χ0n) is 17.5. The summed E-state index contributed by atoms with van der Waals surface area (Å²) in [6.07, 6.45) is 0. The fourth-order valence-electron chi connectivity index (χ4n) is 1.73. The van der Waals surface area contributed by atoms with Crippen molar-refractivity contribution in [2.75, 3.05) is 12.4 Å². The first kappa shape index (κ1) is 21.1. The molecular weight excluding hydrogens is 330 g/mol. The minimum atomic E-state index is -1.86. The largest absolute Gasteiger partial charge is 0.543 e. The predicted molar refractivity (Wildman–Crippen MR) is 112 cm³/mol. The van der Waals surface area contributed by atoms with Crippen LogP contribution in [-0.2, 0) is 0 Å². The van der Waals surface area contributed by atoms with Crippen molar-refractivity contribution in [3.05, 3.63) is 18.2 Å². The Labute approximate surface area is 151 Å². The number of anilines is 1. The fourth-order valence-corrected chi connectivity index (χ4v) is 3.79. The van der Waals surface area contributed by atoms with E-state index in [1.54, 1.807) is 0 Å².